The molecule has 0 spiro atoms. The summed E-state index contributed by atoms with van der Waals surface area (Å²) in [6, 6.07) is 7.72. The van der Waals surface area contributed by atoms with Gasteiger partial charge in [0, 0.05) is 11.6 Å². The van der Waals surface area contributed by atoms with Crippen molar-refractivity contribution in [2.24, 2.45) is 5.92 Å². The van der Waals surface area contributed by atoms with Gasteiger partial charge in [-0.3, -0.25) is 4.57 Å². The summed E-state index contributed by atoms with van der Waals surface area (Å²) in [6.45, 7) is 5.57. The maximum atomic E-state index is 12.3. The molecule has 1 aromatic heterocycles. The van der Waals surface area contributed by atoms with Gasteiger partial charge in [0.2, 0.25) is 0 Å². The van der Waals surface area contributed by atoms with Gasteiger partial charge in [-0.25, -0.2) is 4.79 Å². The number of nitrogens with zero attached hydrogens (tertiary/aromatic N) is 1. The largest absolute Gasteiger partial charge is 0.443 e. The summed E-state index contributed by atoms with van der Waals surface area (Å²) >= 11 is 0. The van der Waals surface area contributed by atoms with Gasteiger partial charge in [-0.15, -0.1) is 0 Å². The van der Waals surface area contributed by atoms with Gasteiger partial charge in [0.1, 0.15) is 5.60 Å². The first-order chi connectivity index (χ1) is 11.8. The number of rotatable bonds is 3. The van der Waals surface area contributed by atoms with Crippen molar-refractivity contribution in [2.45, 2.75) is 71.0 Å². The molecule has 1 fully saturated rings. The van der Waals surface area contributed by atoms with Crippen LogP contribution >= 0.6 is 0 Å². The molecule has 1 aliphatic rings. The number of hydrogen-bond acceptors (Lipinski definition) is 3. The van der Waals surface area contributed by atoms with E-state index in [1.165, 1.54) is 36.7 Å². The van der Waals surface area contributed by atoms with E-state index >= 15 is 0 Å². The predicted octanol–water partition coefficient (Wildman–Crippen LogP) is 5.43. The zero-order chi connectivity index (χ0) is 18.0. The van der Waals surface area contributed by atoms with Gasteiger partial charge in [-0.1, -0.05) is 38.2 Å². The molecule has 25 heavy (non-hydrogen) atoms. The number of hydrogen-bond donors (Lipinski definition) is 1. The lowest BCUT2D eigenvalue weighted by Crippen LogP contribution is -2.26. The van der Waals surface area contributed by atoms with Crippen LogP contribution in [0.15, 0.2) is 30.5 Å². The third kappa shape index (κ3) is 4.43. The fourth-order valence-corrected chi connectivity index (χ4v) is 3.71. The molecule has 0 unspecified atom stereocenters. The van der Waals surface area contributed by atoms with Crippen LogP contribution in [0.5, 0.6) is 0 Å². The minimum atomic E-state index is -0.524. The van der Waals surface area contributed by atoms with Crippen LogP contribution in [0.25, 0.3) is 10.9 Å². The lowest BCUT2D eigenvalue weighted by atomic mass is 9.84. The molecule has 4 heteroatoms. The smallest absolute Gasteiger partial charge is 0.418 e. The summed E-state index contributed by atoms with van der Waals surface area (Å²) in [7, 11) is 0. The Morgan fingerprint density at radius 2 is 1.96 bits per heavy atom. The van der Waals surface area contributed by atoms with Crippen LogP contribution in [0.4, 0.5) is 4.79 Å². The second-order valence-electron chi connectivity index (χ2n) is 8.24. The monoisotopic (exact) mass is 343 g/mol. The number of aliphatic hydroxyl groups excluding tert-OH is 1. The Balaban J connectivity index is 1.75. The molecule has 136 valence electrons. The molecule has 1 saturated carbocycles. The molecule has 1 N–H and O–H groups in total. The van der Waals surface area contributed by atoms with Crippen LogP contribution in [0, 0.1) is 5.92 Å². The third-order valence-corrected chi connectivity index (χ3v) is 4.97. The molecule has 1 atom stereocenters. The molecule has 4 nitrogen and oxygen atoms in total. The molecule has 1 aromatic carbocycles. The van der Waals surface area contributed by atoms with E-state index in [-0.39, 0.29) is 6.09 Å². The number of aromatic nitrogens is 1. The Hall–Kier alpha value is -1.81. The zero-order valence-corrected chi connectivity index (χ0v) is 15.5. The van der Waals surface area contributed by atoms with Crippen molar-refractivity contribution in [2.75, 3.05) is 0 Å². The summed E-state index contributed by atoms with van der Waals surface area (Å²) in [5.41, 5.74) is 1.21. The highest BCUT2D eigenvalue weighted by atomic mass is 16.6. The van der Waals surface area contributed by atoms with Crippen molar-refractivity contribution in [1.29, 1.82) is 0 Å². The van der Waals surface area contributed by atoms with E-state index in [1.807, 2.05) is 45.0 Å². The van der Waals surface area contributed by atoms with Crippen LogP contribution in [0.1, 0.15) is 71.0 Å². The van der Waals surface area contributed by atoms with Crippen LogP contribution in [-0.4, -0.2) is 21.4 Å². The zero-order valence-electron chi connectivity index (χ0n) is 15.5. The number of carbonyl (C=O) groups is 1. The number of fused-ring (bicyclic) bond motifs is 1. The quantitative estimate of drug-likeness (QED) is 0.808. The van der Waals surface area contributed by atoms with E-state index < -0.39 is 11.7 Å². The van der Waals surface area contributed by atoms with E-state index in [2.05, 4.69) is 0 Å². The van der Waals surface area contributed by atoms with Gasteiger partial charge in [-0.2, -0.15) is 0 Å². The molecule has 1 heterocycles. The molecule has 2 aromatic rings. The Labute approximate surface area is 149 Å². The average molecular weight is 343 g/mol. The van der Waals surface area contributed by atoms with Gasteiger partial charge in [0.25, 0.3) is 0 Å². The highest BCUT2D eigenvalue weighted by molar-refractivity contribution is 5.90. The first-order valence-electron chi connectivity index (χ1n) is 9.36. The van der Waals surface area contributed by atoms with E-state index in [4.69, 9.17) is 4.74 Å². The Morgan fingerprint density at radius 3 is 2.64 bits per heavy atom. The SMILES string of the molecule is CC(C)(C)OC(=O)n1ccc2cc([C@H](O)CC3CCCCC3)ccc21. The van der Waals surface area contributed by atoms with E-state index in [0.29, 0.717) is 5.92 Å². The van der Waals surface area contributed by atoms with Crippen LogP contribution in [0.2, 0.25) is 0 Å². The standard InChI is InChI=1S/C21H29NO3/c1-21(2,3)25-20(24)22-12-11-16-14-17(9-10-18(16)22)19(23)13-15-7-5-4-6-8-15/h9-12,14-15,19,23H,4-8,13H2,1-3H3/t19-/m1/s1. The molecule has 0 amide bonds. The minimum Gasteiger partial charge on any atom is -0.443 e. The average Bonchev–Trinajstić information content (AvgIpc) is 2.97. The Bertz CT molecular complexity index is 735. The first-order valence-corrected chi connectivity index (χ1v) is 9.36. The molecule has 3 rings (SSSR count). The molecule has 0 aliphatic heterocycles. The molecular weight excluding hydrogens is 314 g/mol. The van der Waals surface area contributed by atoms with E-state index in [1.54, 1.807) is 6.20 Å². The topological polar surface area (TPSA) is 51.5 Å². The van der Waals surface area contributed by atoms with Crippen molar-refractivity contribution >= 4 is 17.0 Å². The van der Waals surface area contributed by atoms with Gasteiger partial charge in [0.15, 0.2) is 0 Å². The summed E-state index contributed by atoms with van der Waals surface area (Å²) in [5.74, 6) is 0.630. The van der Waals surface area contributed by atoms with Crippen molar-refractivity contribution < 1.29 is 14.6 Å². The van der Waals surface area contributed by atoms with Gasteiger partial charge in [-0.05, 0) is 56.9 Å². The van der Waals surface area contributed by atoms with Crippen molar-refractivity contribution in [3.05, 3.63) is 36.0 Å². The van der Waals surface area contributed by atoms with Crippen LogP contribution < -0.4 is 0 Å². The minimum absolute atomic E-state index is 0.377. The van der Waals surface area contributed by atoms with Crippen LogP contribution in [-0.2, 0) is 4.74 Å². The first kappa shape index (κ1) is 18.0. The summed E-state index contributed by atoms with van der Waals surface area (Å²) in [5, 5.41) is 11.6. The van der Waals surface area contributed by atoms with Gasteiger partial charge >= 0.3 is 6.09 Å². The number of ether oxygens (including phenoxy) is 1. The summed E-state index contributed by atoms with van der Waals surface area (Å²) in [6.07, 6.45) is 8.12. The highest BCUT2D eigenvalue weighted by Crippen LogP contribution is 2.33. The maximum Gasteiger partial charge on any atom is 0.418 e. The molecule has 0 saturated heterocycles. The highest BCUT2D eigenvalue weighted by Gasteiger charge is 2.21. The second-order valence-corrected chi connectivity index (χ2v) is 8.24. The number of benzene rings is 1. The Morgan fingerprint density at radius 1 is 1.24 bits per heavy atom. The fraction of sp³-hybridized carbons (Fsp3) is 0.571. The lowest BCUT2D eigenvalue weighted by Gasteiger charge is -2.24. The number of aliphatic hydroxyl groups is 1. The second kappa shape index (κ2) is 7.20. The molecule has 0 radical (unpaired) electrons. The number of carbonyl (C=O) groups excluding carboxylic acids is 1. The normalized spacial score (nSPS) is 17.6. The summed E-state index contributed by atoms with van der Waals surface area (Å²) in [4.78, 5) is 12.3. The summed E-state index contributed by atoms with van der Waals surface area (Å²) < 4.78 is 6.97. The molecular formula is C21H29NO3. The van der Waals surface area contributed by atoms with Crippen LogP contribution in [0.3, 0.4) is 0 Å². The van der Waals surface area contributed by atoms with Crippen molar-refractivity contribution in [3.8, 4) is 0 Å². The Kier molecular flexibility index (Phi) is 5.19. The van der Waals surface area contributed by atoms with Crippen molar-refractivity contribution in [1.82, 2.24) is 4.57 Å². The van der Waals surface area contributed by atoms with Crippen molar-refractivity contribution in [3.63, 3.8) is 0 Å². The van der Waals surface area contributed by atoms with E-state index in [9.17, 15) is 9.90 Å². The predicted molar refractivity (Wildman–Crippen MR) is 99.7 cm³/mol. The van der Waals surface area contributed by atoms with Gasteiger partial charge < -0.3 is 9.84 Å². The lowest BCUT2D eigenvalue weighted by molar-refractivity contribution is 0.0544. The van der Waals surface area contributed by atoms with E-state index in [0.717, 1.165) is 22.9 Å². The third-order valence-electron chi connectivity index (χ3n) is 4.97. The molecule has 0 bridgehead atoms. The maximum absolute atomic E-state index is 12.3. The molecule has 1 aliphatic carbocycles. The fourth-order valence-electron chi connectivity index (χ4n) is 3.71. The van der Waals surface area contributed by atoms with Gasteiger partial charge in [0.05, 0.1) is 11.6 Å².